The van der Waals surface area contributed by atoms with Crippen LogP contribution < -0.4 is 5.32 Å². The Morgan fingerprint density at radius 2 is 2.00 bits per heavy atom. The average Bonchev–Trinajstić information content (AvgIpc) is 2.58. The Morgan fingerprint density at radius 3 is 2.60 bits per heavy atom. The number of ether oxygens (including phenoxy) is 1. The van der Waals surface area contributed by atoms with Gasteiger partial charge in [-0.2, -0.15) is 0 Å². The van der Waals surface area contributed by atoms with Gasteiger partial charge in [0.05, 0.1) is 0 Å². The number of amides is 2. The Bertz CT molecular complexity index is 626. The van der Waals surface area contributed by atoms with Gasteiger partial charge in [-0.1, -0.05) is 30.8 Å². The average molecular weight is 344 g/mol. The van der Waals surface area contributed by atoms with Crippen LogP contribution in [0.5, 0.6) is 0 Å². The van der Waals surface area contributed by atoms with Gasteiger partial charge in [0, 0.05) is 19.6 Å². The summed E-state index contributed by atoms with van der Waals surface area (Å²) in [5, 5.41) is 2.79. The summed E-state index contributed by atoms with van der Waals surface area (Å²) in [6.07, 6.45) is 2.86. The fourth-order valence-electron chi connectivity index (χ4n) is 3.01. The fraction of sp³-hybridized carbons (Fsp3) is 0.500. The Labute approximate surface area is 150 Å². The molecule has 0 saturated carbocycles. The Balaban J connectivity index is 1.90. The second-order valence-corrected chi connectivity index (χ2v) is 7.40. The first-order valence-corrected chi connectivity index (χ1v) is 8.75. The molecule has 0 unspecified atom stereocenters. The van der Waals surface area contributed by atoms with E-state index in [0.29, 0.717) is 12.5 Å². The van der Waals surface area contributed by atoms with Crippen molar-refractivity contribution in [3.05, 3.63) is 48.0 Å². The number of rotatable bonds is 4. The molecule has 0 bridgehead atoms. The molecule has 1 saturated heterocycles. The van der Waals surface area contributed by atoms with E-state index in [0.717, 1.165) is 31.5 Å². The van der Waals surface area contributed by atoms with E-state index < -0.39 is 11.7 Å². The lowest BCUT2D eigenvalue weighted by atomic mass is 9.88. The van der Waals surface area contributed by atoms with E-state index in [2.05, 4.69) is 24.0 Å². The van der Waals surface area contributed by atoms with E-state index in [1.807, 2.05) is 37.8 Å². The molecule has 2 amide bonds. The molecule has 136 valence electrons. The van der Waals surface area contributed by atoms with Gasteiger partial charge >= 0.3 is 6.09 Å². The number of hydrogen-bond acceptors (Lipinski definition) is 3. The third-order valence-electron chi connectivity index (χ3n) is 4.24. The van der Waals surface area contributed by atoms with Crippen molar-refractivity contribution < 1.29 is 14.3 Å². The van der Waals surface area contributed by atoms with Crippen LogP contribution in [-0.2, 0) is 16.1 Å². The molecule has 1 aliphatic rings. The van der Waals surface area contributed by atoms with Crippen molar-refractivity contribution in [2.24, 2.45) is 0 Å². The number of carbonyl (C=O) groups excluding carboxylic acids is 2. The van der Waals surface area contributed by atoms with Crippen molar-refractivity contribution in [1.29, 1.82) is 0 Å². The van der Waals surface area contributed by atoms with E-state index in [4.69, 9.17) is 4.74 Å². The Kier molecular flexibility index (Phi) is 6.23. The Morgan fingerprint density at radius 1 is 1.32 bits per heavy atom. The molecule has 0 spiro atoms. The lowest BCUT2D eigenvalue weighted by Gasteiger charge is -2.31. The number of alkyl carbamates (subject to hydrolysis) is 1. The minimum absolute atomic E-state index is 0.00811. The zero-order valence-corrected chi connectivity index (χ0v) is 15.4. The van der Waals surface area contributed by atoms with Crippen molar-refractivity contribution in [2.45, 2.75) is 51.7 Å². The standard InChI is InChI=1S/C20H28N2O3/c1-5-18(23)22-11-9-16(10-12-22)17-8-6-7-15(13-17)14-21-19(24)25-20(2,3)4/h5-8,13,16H,1,9-12,14H2,2-4H3,(H,21,24). The summed E-state index contributed by atoms with van der Waals surface area (Å²) >= 11 is 0. The number of nitrogens with one attached hydrogen (secondary N) is 1. The Hall–Kier alpha value is -2.30. The molecule has 0 aromatic heterocycles. The molecule has 25 heavy (non-hydrogen) atoms. The summed E-state index contributed by atoms with van der Waals surface area (Å²) in [6, 6.07) is 8.26. The predicted molar refractivity (Wildman–Crippen MR) is 98.3 cm³/mol. The van der Waals surface area contributed by atoms with Crippen LogP contribution in [0.1, 0.15) is 50.7 Å². The SMILES string of the molecule is C=CC(=O)N1CCC(c2cccc(CNC(=O)OC(C)(C)C)c2)CC1. The first kappa shape index (κ1) is 19.0. The zero-order chi connectivity index (χ0) is 18.4. The summed E-state index contributed by atoms with van der Waals surface area (Å²) in [7, 11) is 0. The van der Waals surface area contributed by atoms with Gasteiger partial charge in [-0.3, -0.25) is 4.79 Å². The number of nitrogens with zero attached hydrogens (tertiary/aromatic N) is 1. The molecule has 1 aromatic rings. The highest BCUT2D eigenvalue weighted by Gasteiger charge is 2.22. The van der Waals surface area contributed by atoms with Crippen molar-refractivity contribution in [2.75, 3.05) is 13.1 Å². The molecule has 1 N–H and O–H groups in total. The third kappa shape index (κ3) is 5.93. The number of piperidine rings is 1. The van der Waals surface area contributed by atoms with Crippen molar-refractivity contribution in [3.63, 3.8) is 0 Å². The highest BCUT2D eigenvalue weighted by atomic mass is 16.6. The summed E-state index contributed by atoms with van der Waals surface area (Å²) in [6.45, 7) is 11.0. The predicted octanol–water partition coefficient (Wildman–Crippen LogP) is 3.60. The van der Waals surface area contributed by atoms with E-state index in [1.165, 1.54) is 11.6 Å². The summed E-state index contributed by atoms with van der Waals surface area (Å²) in [5.74, 6) is 0.448. The van der Waals surface area contributed by atoms with Crippen LogP contribution in [0.3, 0.4) is 0 Å². The first-order chi connectivity index (χ1) is 11.8. The maximum absolute atomic E-state index is 11.8. The zero-order valence-electron chi connectivity index (χ0n) is 15.4. The molecule has 1 fully saturated rings. The molecule has 1 aromatic carbocycles. The molecule has 5 heteroatoms. The molecular weight excluding hydrogens is 316 g/mol. The van der Waals surface area contributed by atoms with Crippen LogP contribution >= 0.6 is 0 Å². The van der Waals surface area contributed by atoms with Gasteiger partial charge in [-0.05, 0) is 56.7 Å². The van der Waals surface area contributed by atoms with Gasteiger partial charge in [0.2, 0.25) is 5.91 Å². The molecule has 1 aliphatic heterocycles. The number of carbonyl (C=O) groups is 2. The van der Waals surface area contributed by atoms with Crippen molar-refractivity contribution in [3.8, 4) is 0 Å². The summed E-state index contributed by atoms with van der Waals surface area (Å²) < 4.78 is 5.26. The highest BCUT2D eigenvalue weighted by Crippen LogP contribution is 2.28. The second-order valence-electron chi connectivity index (χ2n) is 7.40. The molecule has 0 radical (unpaired) electrons. The van der Waals surface area contributed by atoms with Gasteiger partial charge < -0.3 is 15.0 Å². The smallest absolute Gasteiger partial charge is 0.407 e. The van der Waals surface area contributed by atoms with Gasteiger partial charge in [0.25, 0.3) is 0 Å². The third-order valence-corrected chi connectivity index (χ3v) is 4.24. The molecule has 2 rings (SSSR count). The highest BCUT2D eigenvalue weighted by molar-refractivity contribution is 5.87. The quantitative estimate of drug-likeness (QED) is 0.849. The lowest BCUT2D eigenvalue weighted by Crippen LogP contribution is -2.36. The molecular formula is C20H28N2O3. The van der Waals surface area contributed by atoms with Crippen LogP contribution in [0.15, 0.2) is 36.9 Å². The molecule has 0 atom stereocenters. The van der Waals surface area contributed by atoms with Gasteiger partial charge in [0.1, 0.15) is 5.60 Å². The van der Waals surface area contributed by atoms with Gasteiger partial charge in [0.15, 0.2) is 0 Å². The van der Waals surface area contributed by atoms with E-state index in [-0.39, 0.29) is 5.91 Å². The van der Waals surface area contributed by atoms with Crippen molar-refractivity contribution in [1.82, 2.24) is 10.2 Å². The normalized spacial score (nSPS) is 15.6. The van der Waals surface area contributed by atoms with Crippen LogP contribution in [0.25, 0.3) is 0 Å². The fourth-order valence-corrected chi connectivity index (χ4v) is 3.01. The summed E-state index contributed by atoms with van der Waals surface area (Å²) in [5.41, 5.74) is 1.81. The maximum Gasteiger partial charge on any atom is 0.407 e. The number of hydrogen-bond donors (Lipinski definition) is 1. The van der Waals surface area contributed by atoms with Crippen LogP contribution in [0.2, 0.25) is 0 Å². The number of benzene rings is 1. The van der Waals surface area contributed by atoms with Gasteiger partial charge in [-0.25, -0.2) is 4.79 Å². The van der Waals surface area contributed by atoms with Crippen LogP contribution in [0.4, 0.5) is 4.79 Å². The van der Waals surface area contributed by atoms with Crippen molar-refractivity contribution >= 4 is 12.0 Å². The molecule has 0 aliphatic carbocycles. The minimum atomic E-state index is -0.497. The van der Waals surface area contributed by atoms with Crippen LogP contribution in [-0.4, -0.2) is 35.6 Å². The van der Waals surface area contributed by atoms with E-state index in [1.54, 1.807) is 0 Å². The number of likely N-dealkylation sites (tertiary alicyclic amines) is 1. The largest absolute Gasteiger partial charge is 0.444 e. The first-order valence-electron chi connectivity index (χ1n) is 8.75. The van der Waals surface area contributed by atoms with E-state index in [9.17, 15) is 9.59 Å². The lowest BCUT2D eigenvalue weighted by molar-refractivity contribution is -0.127. The van der Waals surface area contributed by atoms with Gasteiger partial charge in [-0.15, -0.1) is 0 Å². The second kappa shape index (κ2) is 8.19. The topological polar surface area (TPSA) is 58.6 Å². The monoisotopic (exact) mass is 344 g/mol. The molecule has 5 nitrogen and oxygen atoms in total. The minimum Gasteiger partial charge on any atom is -0.444 e. The van der Waals surface area contributed by atoms with Crippen LogP contribution in [0, 0.1) is 0 Å². The summed E-state index contributed by atoms with van der Waals surface area (Å²) in [4.78, 5) is 25.3. The maximum atomic E-state index is 11.8. The molecule has 1 heterocycles. The van der Waals surface area contributed by atoms with E-state index >= 15 is 0 Å².